The van der Waals surface area contributed by atoms with E-state index in [0.717, 1.165) is 6.54 Å². The first-order chi connectivity index (χ1) is 10.4. The Morgan fingerprint density at radius 2 is 1.67 bits per heavy atom. The van der Waals surface area contributed by atoms with Gasteiger partial charge in [0.2, 0.25) is 0 Å². The molecule has 0 saturated heterocycles. The van der Waals surface area contributed by atoms with Gasteiger partial charge in [-0.2, -0.15) is 5.10 Å². The summed E-state index contributed by atoms with van der Waals surface area (Å²) in [5.74, 6) is 0. The number of nitrogens with one attached hydrogen (secondary N) is 1. The minimum atomic E-state index is 0.259. The molecule has 1 aromatic heterocycles. The van der Waals surface area contributed by atoms with E-state index in [1.54, 1.807) is 0 Å². The zero-order chi connectivity index (χ0) is 14.5. The number of nitrogens with zero attached hydrogens (tertiary/aromatic N) is 2. The largest absolute Gasteiger partial charge is 0.311 e. The monoisotopic (exact) mass is 277 g/mol. The zero-order valence-corrected chi connectivity index (χ0v) is 12.1. The summed E-state index contributed by atoms with van der Waals surface area (Å²) in [5.41, 5.74) is 3.76. The molecule has 0 aliphatic heterocycles. The maximum atomic E-state index is 4.27. The Bertz CT molecular complexity index is 657. The molecule has 21 heavy (non-hydrogen) atoms. The van der Waals surface area contributed by atoms with Crippen LogP contribution in [0.1, 0.15) is 11.6 Å². The van der Waals surface area contributed by atoms with Crippen LogP contribution in [0.3, 0.4) is 0 Å². The van der Waals surface area contributed by atoms with Gasteiger partial charge in [0.05, 0.1) is 12.6 Å². The van der Waals surface area contributed by atoms with Crippen LogP contribution in [0.5, 0.6) is 0 Å². The van der Waals surface area contributed by atoms with E-state index >= 15 is 0 Å². The highest BCUT2D eigenvalue weighted by Crippen LogP contribution is 2.22. The fourth-order valence-electron chi connectivity index (χ4n) is 2.50. The molecule has 3 aromatic rings. The second-order valence-corrected chi connectivity index (χ2v) is 5.06. The van der Waals surface area contributed by atoms with Gasteiger partial charge >= 0.3 is 0 Å². The van der Waals surface area contributed by atoms with Gasteiger partial charge in [-0.1, -0.05) is 54.6 Å². The van der Waals surface area contributed by atoms with Gasteiger partial charge in [-0.3, -0.25) is 4.68 Å². The van der Waals surface area contributed by atoms with Crippen molar-refractivity contribution in [1.29, 1.82) is 0 Å². The molecule has 0 amide bonds. The summed E-state index contributed by atoms with van der Waals surface area (Å²) in [5, 5.41) is 7.63. The molecule has 106 valence electrons. The maximum absolute atomic E-state index is 4.27. The molecular weight excluding hydrogens is 258 g/mol. The molecule has 1 atom stereocenters. The van der Waals surface area contributed by atoms with Crippen molar-refractivity contribution in [3.63, 3.8) is 0 Å². The molecule has 3 rings (SSSR count). The quantitative estimate of drug-likeness (QED) is 0.773. The minimum absolute atomic E-state index is 0.259. The molecule has 3 heteroatoms. The van der Waals surface area contributed by atoms with Gasteiger partial charge in [-0.25, -0.2) is 0 Å². The van der Waals surface area contributed by atoms with Crippen molar-refractivity contribution in [2.75, 3.05) is 7.05 Å². The Kier molecular flexibility index (Phi) is 4.12. The Balaban J connectivity index is 1.79. The van der Waals surface area contributed by atoms with Crippen LogP contribution in [0.2, 0.25) is 0 Å². The van der Waals surface area contributed by atoms with E-state index in [1.807, 2.05) is 36.3 Å². The predicted octanol–water partition coefficient (Wildman–Crippen LogP) is 3.51. The van der Waals surface area contributed by atoms with E-state index in [4.69, 9.17) is 0 Å². The van der Waals surface area contributed by atoms with Crippen LogP contribution in [0.15, 0.2) is 73.1 Å². The molecule has 0 saturated carbocycles. The summed E-state index contributed by atoms with van der Waals surface area (Å²) in [6, 6.07) is 21.4. The Morgan fingerprint density at radius 1 is 0.952 bits per heavy atom. The molecule has 0 aliphatic rings. The topological polar surface area (TPSA) is 29.9 Å². The van der Waals surface area contributed by atoms with E-state index in [2.05, 4.69) is 58.9 Å². The summed E-state index contributed by atoms with van der Waals surface area (Å²) in [6.07, 6.45) is 3.80. The normalized spacial score (nSPS) is 12.2. The Hall–Kier alpha value is -2.39. The summed E-state index contributed by atoms with van der Waals surface area (Å²) >= 11 is 0. The molecule has 0 radical (unpaired) electrons. The van der Waals surface area contributed by atoms with Crippen molar-refractivity contribution in [2.45, 2.75) is 12.6 Å². The molecule has 0 spiro atoms. The Morgan fingerprint density at radius 3 is 2.29 bits per heavy atom. The van der Waals surface area contributed by atoms with E-state index < -0.39 is 0 Å². The van der Waals surface area contributed by atoms with Crippen molar-refractivity contribution in [2.24, 2.45) is 0 Å². The molecule has 2 aromatic carbocycles. The van der Waals surface area contributed by atoms with E-state index in [0.29, 0.717) is 0 Å². The number of benzene rings is 2. The first-order valence-electron chi connectivity index (χ1n) is 7.17. The third-order valence-corrected chi connectivity index (χ3v) is 3.70. The molecule has 3 nitrogen and oxygen atoms in total. The maximum Gasteiger partial charge on any atom is 0.0604 e. The van der Waals surface area contributed by atoms with Crippen LogP contribution in [0.25, 0.3) is 11.1 Å². The van der Waals surface area contributed by atoms with Gasteiger partial charge < -0.3 is 5.32 Å². The third kappa shape index (κ3) is 3.20. The second-order valence-electron chi connectivity index (χ2n) is 5.06. The lowest BCUT2D eigenvalue weighted by Crippen LogP contribution is -2.22. The Labute approximate surface area is 125 Å². The van der Waals surface area contributed by atoms with Gasteiger partial charge in [-0.15, -0.1) is 0 Å². The zero-order valence-electron chi connectivity index (χ0n) is 12.1. The van der Waals surface area contributed by atoms with Gasteiger partial charge in [0.1, 0.15) is 0 Å². The summed E-state index contributed by atoms with van der Waals surface area (Å²) < 4.78 is 1.95. The standard InChI is InChI=1S/C18H19N3/c1-19-18(14-21-13-5-12-20-21)17-10-8-16(9-11-17)15-6-3-2-4-7-15/h2-13,18-19H,14H2,1H3. The van der Waals surface area contributed by atoms with Crippen LogP contribution >= 0.6 is 0 Å². The molecule has 1 N–H and O–H groups in total. The fourth-order valence-corrected chi connectivity index (χ4v) is 2.50. The van der Waals surface area contributed by atoms with Crippen molar-refractivity contribution in [3.8, 4) is 11.1 Å². The van der Waals surface area contributed by atoms with Crippen molar-refractivity contribution >= 4 is 0 Å². The third-order valence-electron chi connectivity index (χ3n) is 3.70. The van der Waals surface area contributed by atoms with Gasteiger partial charge in [-0.05, 0) is 29.8 Å². The number of likely N-dealkylation sites (N-methyl/N-ethyl adjacent to an activating group) is 1. The minimum Gasteiger partial charge on any atom is -0.311 e. The second kappa shape index (κ2) is 6.37. The fraction of sp³-hybridized carbons (Fsp3) is 0.167. The van der Waals surface area contributed by atoms with Crippen LogP contribution < -0.4 is 5.32 Å². The molecule has 0 aliphatic carbocycles. The van der Waals surface area contributed by atoms with Crippen molar-refractivity contribution in [3.05, 3.63) is 78.6 Å². The van der Waals surface area contributed by atoms with Gasteiger partial charge in [0, 0.05) is 12.4 Å². The SMILES string of the molecule is CNC(Cn1cccn1)c1ccc(-c2ccccc2)cc1. The summed E-state index contributed by atoms with van der Waals surface area (Å²) in [4.78, 5) is 0. The number of aromatic nitrogens is 2. The molecule has 0 fully saturated rings. The highest BCUT2D eigenvalue weighted by molar-refractivity contribution is 5.63. The van der Waals surface area contributed by atoms with Gasteiger partial charge in [0.25, 0.3) is 0 Å². The predicted molar refractivity (Wildman–Crippen MR) is 85.9 cm³/mol. The average Bonchev–Trinajstić information content (AvgIpc) is 3.07. The summed E-state index contributed by atoms with van der Waals surface area (Å²) in [7, 11) is 1.99. The lowest BCUT2D eigenvalue weighted by Gasteiger charge is -2.17. The first-order valence-corrected chi connectivity index (χ1v) is 7.17. The number of rotatable bonds is 5. The van der Waals surface area contributed by atoms with E-state index in [9.17, 15) is 0 Å². The van der Waals surface area contributed by atoms with Crippen LogP contribution in [-0.4, -0.2) is 16.8 Å². The molecule has 0 bridgehead atoms. The van der Waals surface area contributed by atoms with Crippen LogP contribution in [-0.2, 0) is 6.54 Å². The summed E-state index contributed by atoms with van der Waals surface area (Å²) in [6.45, 7) is 0.828. The first kappa shape index (κ1) is 13.6. The van der Waals surface area contributed by atoms with Crippen LogP contribution in [0, 0.1) is 0 Å². The molecule has 1 unspecified atom stereocenters. The van der Waals surface area contributed by atoms with E-state index in [-0.39, 0.29) is 6.04 Å². The molecular formula is C18H19N3. The van der Waals surface area contributed by atoms with Crippen molar-refractivity contribution in [1.82, 2.24) is 15.1 Å². The van der Waals surface area contributed by atoms with Crippen molar-refractivity contribution < 1.29 is 0 Å². The van der Waals surface area contributed by atoms with Gasteiger partial charge in [0.15, 0.2) is 0 Å². The number of hydrogen-bond acceptors (Lipinski definition) is 2. The highest BCUT2D eigenvalue weighted by atomic mass is 15.3. The highest BCUT2D eigenvalue weighted by Gasteiger charge is 2.10. The smallest absolute Gasteiger partial charge is 0.0604 e. The lowest BCUT2D eigenvalue weighted by molar-refractivity contribution is 0.468. The number of hydrogen-bond donors (Lipinski definition) is 1. The van der Waals surface area contributed by atoms with E-state index in [1.165, 1.54) is 16.7 Å². The molecule has 1 heterocycles. The van der Waals surface area contributed by atoms with Crippen LogP contribution in [0.4, 0.5) is 0 Å². The average molecular weight is 277 g/mol. The lowest BCUT2D eigenvalue weighted by atomic mass is 10.0.